The molecule has 1 aromatic carbocycles. The summed E-state index contributed by atoms with van der Waals surface area (Å²) in [5.41, 5.74) is 1.92. The molecule has 0 bridgehead atoms. The molecule has 1 N–H and O–H groups in total. The molecular weight excluding hydrogens is 254 g/mol. The van der Waals surface area contributed by atoms with Crippen LogP contribution in [0.4, 0.5) is 0 Å². The number of rotatable bonds is 2. The van der Waals surface area contributed by atoms with E-state index < -0.39 is 6.04 Å². The van der Waals surface area contributed by atoms with Gasteiger partial charge in [-0.05, 0) is 30.7 Å². The van der Waals surface area contributed by atoms with Crippen molar-refractivity contribution in [1.82, 2.24) is 15.2 Å². The van der Waals surface area contributed by atoms with E-state index in [9.17, 15) is 9.59 Å². The molecule has 102 valence electrons. The van der Waals surface area contributed by atoms with Gasteiger partial charge in [-0.2, -0.15) is 0 Å². The number of hydrogen-bond acceptors (Lipinski definition) is 3. The van der Waals surface area contributed by atoms with Gasteiger partial charge in [0.15, 0.2) is 0 Å². The summed E-state index contributed by atoms with van der Waals surface area (Å²) < 4.78 is 0. The highest BCUT2D eigenvalue weighted by atomic mass is 16.2. The number of fused-ring (bicyclic) bond motifs is 1. The van der Waals surface area contributed by atoms with Crippen LogP contribution in [0.1, 0.15) is 12.5 Å². The molecule has 2 heterocycles. The molecule has 20 heavy (non-hydrogen) atoms. The second kappa shape index (κ2) is 4.92. The molecule has 0 radical (unpaired) electrons. The lowest BCUT2D eigenvalue weighted by Gasteiger charge is -2.30. The van der Waals surface area contributed by atoms with Crippen molar-refractivity contribution in [1.29, 1.82) is 0 Å². The number of aromatic nitrogens is 1. The van der Waals surface area contributed by atoms with Crippen molar-refractivity contribution in [3.05, 3.63) is 42.1 Å². The molecule has 0 spiro atoms. The highest BCUT2D eigenvalue weighted by Gasteiger charge is 2.29. The number of benzene rings is 1. The Labute approximate surface area is 116 Å². The zero-order valence-corrected chi connectivity index (χ0v) is 11.2. The predicted molar refractivity (Wildman–Crippen MR) is 74.8 cm³/mol. The van der Waals surface area contributed by atoms with E-state index in [2.05, 4.69) is 10.3 Å². The topological polar surface area (TPSA) is 62.3 Å². The Bertz CT molecular complexity index is 684. The first-order chi connectivity index (χ1) is 9.63. The van der Waals surface area contributed by atoms with Gasteiger partial charge in [0, 0.05) is 18.1 Å². The number of piperazine rings is 1. The van der Waals surface area contributed by atoms with Crippen molar-refractivity contribution in [2.75, 3.05) is 6.54 Å². The SMILES string of the molecule is CC1NC(=O)CN(Cc2ccc3ncccc3c2)C1=O. The first-order valence-electron chi connectivity index (χ1n) is 6.55. The molecule has 1 atom stereocenters. The van der Waals surface area contributed by atoms with Crippen LogP contribution in [-0.4, -0.2) is 34.3 Å². The van der Waals surface area contributed by atoms with Crippen LogP contribution < -0.4 is 5.32 Å². The monoisotopic (exact) mass is 269 g/mol. The average Bonchev–Trinajstić information content (AvgIpc) is 2.44. The fourth-order valence-electron chi connectivity index (χ4n) is 2.45. The second-order valence-corrected chi connectivity index (χ2v) is 5.01. The predicted octanol–water partition coefficient (Wildman–Crippen LogP) is 1.08. The van der Waals surface area contributed by atoms with E-state index in [-0.39, 0.29) is 18.4 Å². The van der Waals surface area contributed by atoms with Gasteiger partial charge in [-0.15, -0.1) is 0 Å². The van der Waals surface area contributed by atoms with Gasteiger partial charge >= 0.3 is 0 Å². The summed E-state index contributed by atoms with van der Waals surface area (Å²) in [4.78, 5) is 29.4. The largest absolute Gasteiger partial charge is 0.343 e. The van der Waals surface area contributed by atoms with Gasteiger partial charge in [0.2, 0.25) is 11.8 Å². The minimum atomic E-state index is -0.446. The molecule has 1 saturated heterocycles. The standard InChI is InChI=1S/C15H15N3O2/c1-10-15(20)18(9-14(19)17-10)8-11-4-5-13-12(7-11)3-2-6-16-13/h2-7,10H,8-9H2,1H3,(H,17,19). The molecule has 1 fully saturated rings. The van der Waals surface area contributed by atoms with Gasteiger partial charge < -0.3 is 10.2 Å². The van der Waals surface area contributed by atoms with Crippen LogP contribution in [0.3, 0.4) is 0 Å². The van der Waals surface area contributed by atoms with E-state index in [1.165, 1.54) is 0 Å². The van der Waals surface area contributed by atoms with Gasteiger partial charge in [0.25, 0.3) is 0 Å². The van der Waals surface area contributed by atoms with Gasteiger partial charge in [-0.25, -0.2) is 0 Å². The molecule has 0 saturated carbocycles. The van der Waals surface area contributed by atoms with Gasteiger partial charge in [-0.3, -0.25) is 14.6 Å². The van der Waals surface area contributed by atoms with Crippen LogP contribution in [-0.2, 0) is 16.1 Å². The third-order valence-electron chi connectivity index (χ3n) is 3.43. The number of nitrogens with zero attached hydrogens (tertiary/aromatic N) is 2. The van der Waals surface area contributed by atoms with E-state index in [4.69, 9.17) is 0 Å². The molecule has 1 aliphatic rings. The summed E-state index contributed by atoms with van der Waals surface area (Å²) in [6, 6.07) is 9.31. The third-order valence-corrected chi connectivity index (χ3v) is 3.43. The number of carbonyl (C=O) groups excluding carboxylic acids is 2. The highest BCUT2D eigenvalue weighted by Crippen LogP contribution is 2.16. The van der Waals surface area contributed by atoms with E-state index in [1.54, 1.807) is 18.0 Å². The lowest BCUT2D eigenvalue weighted by molar-refractivity contribution is -0.144. The zero-order valence-electron chi connectivity index (χ0n) is 11.2. The third kappa shape index (κ3) is 2.34. The Balaban J connectivity index is 1.85. The normalized spacial score (nSPS) is 19.2. The van der Waals surface area contributed by atoms with Crippen molar-refractivity contribution in [2.45, 2.75) is 19.5 Å². The van der Waals surface area contributed by atoms with Crippen molar-refractivity contribution >= 4 is 22.7 Å². The number of amides is 2. The first kappa shape index (κ1) is 12.6. The van der Waals surface area contributed by atoms with Crippen LogP contribution in [0.5, 0.6) is 0 Å². The molecule has 3 rings (SSSR count). The molecule has 0 aliphatic carbocycles. The van der Waals surface area contributed by atoms with Gasteiger partial charge in [0.1, 0.15) is 6.04 Å². The molecule has 1 unspecified atom stereocenters. The summed E-state index contributed by atoms with van der Waals surface area (Å²) in [6.45, 7) is 2.27. The quantitative estimate of drug-likeness (QED) is 0.887. The van der Waals surface area contributed by atoms with E-state index >= 15 is 0 Å². The molecule has 5 nitrogen and oxygen atoms in total. The van der Waals surface area contributed by atoms with Crippen molar-refractivity contribution in [2.24, 2.45) is 0 Å². The van der Waals surface area contributed by atoms with Crippen LogP contribution >= 0.6 is 0 Å². The summed E-state index contributed by atoms with van der Waals surface area (Å²) in [6.07, 6.45) is 1.75. The van der Waals surface area contributed by atoms with Crippen LogP contribution in [0.15, 0.2) is 36.5 Å². The van der Waals surface area contributed by atoms with E-state index in [0.29, 0.717) is 6.54 Å². The van der Waals surface area contributed by atoms with Crippen LogP contribution in [0.2, 0.25) is 0 Å². The Morgan fingerprint density at radius 2 is 2.20 bits per heavy atom. The minimum absolute atomic E-state index is 0.0455. The number of carbonyl (C=O) groups is 2. The smallest absolute Gasteiger partial charge is 0.245 e. The lowest BCUT2D eigenvalue weighted by atomic mass is 10.1. The number of nitrogens with one attached hydrogen (secondary N) is 1. The van der Waals surface area contributed by atoms with Crippen molar-refractivity contribution in [3.63, 3.8) is 0 Å². The Morgan fingerprint density at radius 1 is 1.35 bits per heavy atom. The first-order valence-corrected chi connectivity index (χ1v) is 6.55. The van der Waals surface area contributed by atoms with Crippen molar-refractivity contribution < 1.29 is 9.59 Å². The van der Waals surface area contributed by atoms with E-state index in [1.807, 2.05) is 30.3 Å². The molecule has 1 aliphatic heterocycles. The highest BCUT2D eigenvalue weighted by molar-refractivity contribution is 5.94. The molecular formula is C15H15N3O2. The molecule has 2 aromatic rings. The maximum Gasteiger partial charge on any atom is 0.245 e. The fourth-order valence-corrected chi connectivity index (χ4v) is 2.45. The molecule has 2 amide bonds. The van der Waals surface area contributed by atoms with Crippen LogP contribution in [0.25, 0.3) is 10.9 Å². The second-order valence-electron chi connectivity index (χ2n) is 5.01. The summed E-state index contributed by atoms with van der Waals surface area (Å²) >= 11 is 0. The average molecular weight is 269 g/mol. The summed E-state index contributed by atoms with van der Waals surface area (Å²) in [7, 11) is 0. The van der Waals surface area contributed by atoms with Crippen molar-refractivity contribution in [3.8, 4) is 0 Å². The summed E-state index contributed by atoms with van der Waals surface area (Å²) in [5, 5.41) is 3.67. The number of hydrogen-bond donors (Lipinski definition) is 1. The molecule has 1 aromatic heterocycles. The minimum Gasteiger partial charge on any atom is -0.343 e. The summed E-state index contributed by atoms with van der Waals surface area (Å²) in [5.74, 6) is -0.157. The fraction of sp³-hybridized carbons (Fsp3) is 0.267. The zero-order chi connectivity index (χ0) is 14.1. The van der Waals surface area contributed by atoms with Crippen LogP contribution in [0, 0.1) is 0 Å². The van der Waals surface area contributed by atoms with E-state index in [0.717, 1.165) is 16.5 Å². The molecule has 5 heteroatoms. The maximum absolute atomic E-state index is 12.0. The maximum atomic E-state index is 12.0. The Hall–Kier alpha value is -2.43. The number of pyridine rings is 1. The van der Waals surface area contributed by atoms with Gasteiger partial charge in [0.05, 0.1) is 12.1 Å². The lowest BCUT2D eigenvalue weighted by Crippen LogP contribution is -2.56. The van der Waals surface area contributed by atoms with Gasteiger partial charge in [-0.1, -0.05) is 12.1 Å². The Kier molecular flexibility index (Phi) is 3.10. The Morgan fingerprint density at radius 3 is 3.05 bits per heavy atom.